The van der Waals surface area contributed by atoms with Gasteiger partial charge in [-0.1, -0.05) is 6.92 Å². The third kappa shape index (κ3) is 1.79. The van der Waals surface area contributed by atoms with Crippen LogP contribution in [0.4, 0.5) is 11.8 Å². The maximum atomic E-state index is 10.1. The summed E-state index contributed by atoms with van der Waals surface area (Å²) in [6.45, 7) is 1.87. The van der Waals surface area contributed by atoms with E-state index in [2.05, 4.69) is 15.0 Å². The van der Waals surface area contributed by atoms with Crippen LogP contribution in [0.15, 0.2) is 6.33 Å². The van der Waals surface area contributed by atoms with Crippen molar-refractivity contribution in [1.29, 1.82) is 0 Å². The van der Waals surface area contributed by atoms with Gasteiger partial charge in [-0.2, -0.15) is 9.97 Å². The molecule has 9 nitrogen and oxygen atoms in total. The lowest BCUT2D eigenvalue weighted by Gasteiger charge is -2.16. The number of anilines is 2. The number of aliphatic hydroxyl groups excluding tert-OH is 2. The van der Waals surface area contributed by atoms with Crippen LogP contribution in [0, 0.1) is 0 Å². The predicted molar refractivity (Wildman–Crippen MR) is 70.4 cm³/mol. The van der Waals surface area contributed by atoms with Gasteiger partial charge in [-0.05, 0) is 6.42 Å². The first-order valence-electron chi connectivity index (χ1n) is 6.30. The molecular weight excluding hydrogens is 264 g/mol. The molecule has 0 amide bonds. The molecule has 2 aromatic rings. The number of aromatic nitrogens is 4. The van der Waals surface area contributed by atoms with E-state index in [0.717, 1.165) is 0 Å². The summed E-state index contributed by atoms with van der Waals surface area (Å²) in [5.41, 5.74) is 12.0. The first-order chi connectivity index (χ1) is 9.52. The number of fused-ring (bicyclic) bond motifs is 1. The van der Waals surface area contributed by atoms with Crippen molar-refractivity contribution in [1.82, 2.24) is 19.5 Å². The lowest BCUT2D eigenvalue weighted by atomic mass is 10.1. The molecule has 1 fully saturated rings. The summed E-state index contributed by atoms with van der Waals surface area (Å²) in [4.78, 5) is 12.0. The van der Waals surface area contributed by atoms with Gasteiger partial charge in [0.15, 0.2) is 17.7 Å². The van der Waals surface area contributed by atoms with Crippen LogP contribution in [-0.4, -0.2) is 48.0 Å². The van der Waals surface area contributed by atoms with Crippen molar-refractivity contribution in [2.75, 3.05) is 11.5 Å². The van der Waals surface area contributed by atoms with Crippen LogP contribution in [0.3, 0.4) is 0 Å². The molecule has 20 heavy (non-hydrogen) atoms. The van der Waals surface area contributed by atoms with Crippen molar-refractivity contribution in [3.05, 3.63) is 6.33 Å². The molecule has 0 saturated carbocycles. The Morgan fingerprint density at radius 3 is 2.70 bits per heavy atom. The van der Waals surface area contributed by atoms with Crippen molar-refractivity contribution in [3.8, 4) is 0 Å². The minimum atomic E-state index is -1.07. The van der Waals surface area contributed by atoms with Crippen LogP contribution >= 0.6 is 0 Å². The second-order valence-electron chi connectivity index (χ2n) is 4.75. The van der Waals surface area contributed by atoms with E-state index in [1.54, 1.807) is 0 Å². The number of ether oxygens (including phenoxy) is 1. The fraction of sp³-hybridized carbons (Fsp3) is 0.545. The quantitative estimate of drug-likeness (QED) is 0.549. The molecule has 1 aliphatic heterocycles. The maximum absolute atomic E-state index is 10.1. The number of imidazole rings is 1. The molecule has 6 N–H and O–H groups in total. The largest absolute Gasteiger partial charge is 0.388 e. The van der Waals surface area contributed by atoms with Crippen molar-refractivity contribution >= 4 is 22.9 Å². The Morgan fingerprint density at radius 1 is 1.30 bits per heavy atom. The average Bonchev–Trinajstić information content (AvgIpc) is 2.93. The van der Waals surface area contributed by atoms with Crippen molar-refractivity contribution in [3.63, 3.8) is 0 Å². The van der Waals surface area contributed by atoms with E-state index >= 15 is 0 Å². The highest BCUT2D eigenvalue weighted by molar-refractivity contribution is 5.82. The summed E-state index contributed by atoms with van der Waals surface area (Å²) in [7, 11) is 0. The van der Waals surface area contributed by atoms with Crippen molar-refractivity contribution in [2.24, 2.45) is 0 Å². The lowest BCUT2D eigenvalue weighted by molar-refractivity contribution is -0.0355. The molecule has 108 valence electrons. The van der Waals surface area contributed by atoms with E-state index in [9.17, 15) is 10.2 Å². The van der Waals surface area contributed by atoms with Crippen LogP contribution in [0.25, 0.3) is 11.2 Å². The number of rotatable bonds is 2. The number of aliphatic hydroxyl groups is 2. The summed E-state index contributed by atoms with van der Waals surface area (Å²) in [6.07, 6.45) is -1.24. The van der Waals surface area contributed by atoms with Gasteiger partial charge in [0.05, 0.1) is 12.4 Å². The summed E-state index contributed by atoms with van der Waals surface area (Å²) in [5, 5.41) is 20.0. The number of nitrogen functional groups attached to an aromatic ring is 2. The van der Waals surface area contributed by atoms with Gasteiger partial charge >= 0.3 is 0 Å². The Kier molecular flexibility index (Phi) is 2.96. The molecule has 1 saturated heterocycles. The van der Waals surface area contributed by atoms with Crippen LogP contribution in [0.5, 0.6) is 0 Å². The van der Waals surface area contributed by atoms with E-state index in [4.69, 9.17) is 16.2 Å². The van der Waals surface area contributed by atoms with E-state index in [0.29, 0.717) is 17.6 Å². The Bertz CT molecular complexity index is 644. The first-order valence-corrected chi connectivity index (χ1v) is 6.30. The topological polar surface area (TPSA) is 145 Å². The van der Waals surface area contributed by atoms with Gasteiger partial charge in [-0.3, -0.25) is 4.57 Å². The molecule has 1 aliphatic rings. The zero-order valence-corrected chi connectivity index (χ0v) is 10.8. The Balaban J connectivity index is 2.07. The van der Waals surface area contributed by atoms with Crippen LogP contribution in [-0.2, 0) is 4.74 Å². The zero-order chi connectivity index (χ0) is 14.4. The molecule has 4 atom stereocenters. The third-order valence-corrected chi connectivity index (χ3v) is 3.48. The fourth-order valence-corrected chi connectivity index (χ4v) is 2.44. The Hall–Kier alpha value is -1.97. The smallest absolute Gasteiger partial charge is 0.224 e. The molecule has 0 bridgehead atoms. The van der Waals surface area contributed by atoms with Gasteiger partial charge in [-0.15, -0.1) is 0 Å². The Morgan fingerprint density at radius 2 is 2.05 bits per heavy atom. The standard InChI is InChI=1S/C11H16N6O3/c1-2-4-6(18)7(19)10(20-4)17-3-14-5-8(12)15-11(13)16-9(5)17/h3-4,6-7,10,18-19H,2H2,1H3,(H4,12,13,15,16)/t4-,6-,7-,10?/m1/s1. The Labute approximate surface area is 114 Å². The molecule has 3 heterocycles. The minimum Gasteiger partial charge on any atom is -0.388 e. The molecule has 0 aromatic carbocycles. The number of hydrogen-bond acceptors (Lipinski definition) is 8. The number of hydrogen-bond donors (Lipinski definition) is 4. The van der Waals surface area contributed by atoms with Gasteiger partial charge in [0.1, 0.15) is 17.7 Å². The van der Waals surface area contributed by atoms with Gasteiger partial charge in [-0.25, -0.2) is 4.98 Å². The molecule has 1 unspecified atom stereocenters. The van der Waals surface area contributed by atoms with Crippen LogP contribution < -0.4 is 11.5 Å². The van der Waals surface area contributed by atoms with E-state index in [1.165, 1.54) is 10.9 Å². The van der Waals surface area contributed by atoms with E-state index < -0.39 is 24.5 Å². The molecule has 0 spiro atoms. The van der Waals surface area contributed by atoms with Gasteiger partial charge in [0.2, 0.25) is 5.95 Å². The highest BCUT2D eigenvalue weighted by Gasteiger charge is 2.43. The summed E-state index contributed by atoms with van der Waals surface area (Å²) in [5.74, 6) is 0.170. The second-order valence-corrected chi connectivity index (χ2v) is 4.75. The van der Waals surface area contributed by atoms with Crippen molar-refractivity contribution < 1.29 is 14.9 Å². The highest BCUT2D eigenvalue weighted by atomic mass is 16.6. The minimum absolute atomic E-state index is 0.0110. The van der Waals surface area contributed by atoms with Crippen molar-refractivity contribution in [2.45, 2.75) is 37.9 Å². The van der Waals surface area contributed by atoms with Gasteiger partial charge < -0.3 is 26.4 Å². The average molecular weight is 280 g/mol. The molecule has 0 aliphatic carbocycles. The van der Waals surface area contributed by atoms with E-state index in [1.807, 2.05) is 6.92 Å². The molecular formula is C11H16N6O3. The third-order valence-electron chi connectivity index (χ3n) is 3.48. The fourth-order valence-electron chi connectivity index (χ4n) is 2.44. The first kappa shape index (κ1) is 13.0. The monoisotopic (exact) mass is 280 g/mol. The number of nitrogens with zero attached hydrogens (tertiary/aromatic N) is 4. The normalized spacial score (nSPS) is 30.1. The summed E-state index contributed by atoms with van der Waals surface area (Å²) >= 11 is 0. The second kappa shape index (κ2) is 4.54. The molecule has 9 heteroatoms. The van der Waals surface area contributed by atoms with Gasteiger partial charge in [0, 0.05) is 0 Å². The summed E-state index contributed by atoms with van der Waals surface area (Å²) < 4.78 is 7.16. The van der Waals surface area contributed by atoms with Crippen LogP contribution in [0.2, 0.25) is 0 Å². The number of nitrogens with two attached hydrogens (primary N) is 2. The maximum Gasteiger partial charge on any atom is 0.224 e. The zero-order valence-electron chi connectivity index (χ0n) is 10.8. The molecule has 0 radical (unpaired) electrons. The van der Waals surface area contributed by atoms with Crippen LogP contribution in [0.1, 0.15) is 19.6 Å². The SMILES string of the molecule is CC[C@H]1OC(n2cnc3c(N)nc(N)nc32)[C@H](O)[C@@H]1O. The van der Waals surface area contributed by atoms with E-state index in [-0.39, 0.29) is 11.8 Å². The molecule has 2 aromatic heterocycles. The lowest BCUT2D eigenvalue weighted by Crippen LogP contribution is -2.31. The predicted octanol–water partition coefficient (Wildman–Crippen LogP) is -0.980. The molecule has 3 rings (SSSR count). The summed E-state index contributed by atoms with van der Waals surface area (Å²) in [6, 6.07) is 0. The highest BCUT2D eigenvalue weighted by Crippen LogP contribution is 2.33. The van der Waals surface area contributed by atoms with Gasteiger partial charge in [0.25, 0.3) is 0 Å².